The van der Waals surface area contributed by atoms with Crippen LogP contribution in [0, 0.1) is 0 Å². The molecule has 0 aromatic carbocycles. The minimum Gasteiger partial charge on any atom is -0.379 e. The second-order valence-electron chi connectivity index (χ2n) is 5.09. The molecule has 2 aliphatic heterocycles. The lowest BCUT2D eigenvalue weighted by Crippen LogP contribution is -2.53. The van der Waals surface area contributed by atoms with Gasteiger partial charge in [0.05, 0.1) is 19.6 Å². The van der Waals surface area contributed by atoms with Crippen LogP contribution in [-0.4, -0.2) is 77.8 Å². The fourth-order valence-electron chi connectivity index (χ4n) is 2.31. The molecule has 2 fully saturated rings. The van der Waals surface area contributed by atoms with Crippen molar-refractivity contribution in [3.63, 3.8) is 0 Å². The summed E-state index contributed by atoms with van der Waals surface area (Å²) in [6.07, 6.45) is -5.29. The molecular formula is C11H16F3N3O3. The van der Waals surface area contributed by atoms with Crippen molar-refractivity contribution in [1.29, 1.82) is 0 Å². The summed E-state index contributed by atoms with van der Waals surface area (Å²) in [7, 11) is 0. The van der Waals surface area contributed by atoms with Crippen LogP contribution < -0.4 is 5.32 Å². The zero-order valence-electron chi connectivity index (χ0n) is 10.7. The number of aliphatic hydroxyl groups is 1. The zero-order valence-corrected chi connectivity index (χ0v) is 10.7. The molecule has 0 saturated carbocycles. The van der Waals surface area contributed by atoms with E-state index in [0.29, 0.717) is 13.1 Å². The molecule has 9 heteroatoms. The summed E-state index contributed by atoms with van der Waals surface area (Å²) in [5.41, 5.74) is -2.84. The lowest BCUT2D eigenvalue weighted by molar-refractivity contribution is -0.253. The number of halogens is 3. The quantitative estimate of drug-likeness (QED) is 0.681. The molecule has 0 aromatic rings. The fraction of sp³-hybridized carbons (Fsp3) is 0.818. The van der Waals surface area contributed by atoms with E-state index in [1.807, 2.05) is 0 Å². The van der Waals surface area contributed by atoms with E-state index in [9.17, 15) is 27.9 Å². The maximum atomic E-state index is 12.6. The molecule has 1 atom stereocenters. The van der Waals surface area contributed by atoms with E-state index < -0.39 is 30.7 Å². The van der Waals surface area contributed by atoms with E-state index in [1.165, 1.54) is 4.90 Å². The number of carbonyl (C=O) groups excluding carboxylic acids is 2. The average Bonchev–Trinajstić information content (AvgIpc) is 2.76. The maximum Gasteiger partial charge on any atom is 0.419 e. The van der Waals surface area contributed by atoms with Crippen molar-refractivity contribution in [1.82, 2.24) is 15.1 Å². The SMILES string of the molecule is O=C1CNCCN1CC(=O)N1CCC(O)(C(F)(F)F)C1. The summed E-state index contributed by atoms with van der Waals surface area (Å²) in [6, 6.07) is 0. The Morgan fingerprint density at radius 3 is 2.65 bits per heavy atom. The molecule has 2 amide bonds. The standard InChI is InChI=1S/C11H16F3N3O3/c12-11(13,14)10(20)1-3-17(7-10)9(19)6-16-4-2-15-5-8(16)18/h15,20H,1-7H2. The Labute approximate surface area is 113 Å². The van der Waals surface area contributed by atoms with Gasteiger partial charge < -0.3 is 20.2 Å². The summed E-state index contributed by atoms with van der Waals surface area (Å²) >= 11 is 0. The first-order chi connectivity index (χ1) is 9.23. The van der Waals surface area contributed by atoms with Gasteiger partial charge in [-0.25, -0.2) is 0 Å². The number of hydrogen-bond acceptors (Lipinski definition) is 4. The number of amides is 2. The lowest BCUT2D eigenvalue weighted by atomic mass is 10.0. The Bertz CT molecular complexity index is 415. The Kier molecular flexibility index (Phi) is 3.92. The van der Waals surface area contributed by atoms with Crippen molar-refractivity contribution >= 4 is 11.8 Å². The normalized spacial score (nSPS) is 28.1. The first-order valence-corrected chi connectivity index (χ1v) is 6.28. The average molecular weight is 295 g/mol. The number of nitrogens with one attached hydrogen (secondary N) is 1. The predicted octanol–water partition coefficient (Wildman–Crippen LogP) is -1.06. The van der Waals surface area contributed by atoms with Gasteiger partial charge in [0.1, 0.15) is 0 Å². The van der Waals surface area contributed by atoms with Gasteiger partial charge in [-0.3, -0.25) is 9.59 Å². The first-order valence-electron chi connectivity index (χ1n) is 6.28. The van der Waals surface area contributed by atoms with Crippen LogP contribution in [0.5, 0.6) is 0 Å². The molecule has 0 radical (unpaired) electrons. The van der Waals surface area contributed by atoms with E-state index in [-0.39, 0.29) is 25.5 Å². The monoisotopic (exact) mass is 295 g/mol. The summed E-state index contributed by atoms with van der Waals surface area (Å²) in [4.78, 5) is 25.7. The highest BCUT2D eigenvalue weighted by Gasteiger charge is 2.57. The summed E-state index contributed by atoms with van der Waals surface area (Å²) in [5.74, 6) is -0.824. The van der Waals surface area contributed by atoms with Gasteiger partial charge in [-0.05, 0) is 0 Å². The molecule has 2 aliphatic rings. The van der Waals surface area contributed by atoms with Gasteiger partial charge in [-0.1, -0.05) is 0 Å². The minimum atomic E-state index is -4.76. The van der Waals surface area contributed by atoms with Crippen LogP contribution in [0.2, 0.25) is 0 Å². The van der Waals surface area contributed by atoms with E-state index in [1.54, 1.807) is 0 Å². The number of alkyl halides is 3. The number of rotatable bonds is 2. The van der Waals surface area contributed by atoms with Crippen molar-refractivity contribution in [3.8, 4) is 0 Å². The molecule has 0 aromatic heterocycles. The van der Waals surface area contributed by atoms with Gasteiger partial charge in [-0.2, -0.15) is 13.2 Å². The van der Waals surface area contributed by atoms with Crippen LogP contribution in [0.25, 0.3) is 0 Å². The molecular weight excluding hydrogens is 279 g/mol. The van der Waals surface area contributed by atoms with Gasteiger partial charge in [0.25, 0.3) is 0 Å². The maximum absolute atomic E-state index is 12.6. The third-order valence-electron chi connectivity index (χ3n) is 3.64. The van der Waals surface area contributed by atoms with Crippen LogP contribution in [0.1, 0.15) is 6.42 Å². The second-order valence-corrected chi connectivity index (χ2v) is 5.09. The van der Waals surface area contributed by atoms with E-state index in [0.717, 1.165) is 4.90 Å². The highest BCUT2D eigenvalue weighted by atomic mass is 19.4. The number of carbonyl (C=O) groups is 2. The van der Waals surface area contributed by atoms with E-state index in [2.05, 4.69) is 5.32 Å². The first kappa shape index (κ1) is 15.0. The lowest BCUT2D eigenvalue weighted by Gasteiger charge is -2.29. The van der Waals surface area contributed by atoms with Gasteiger partial charge in [0, 0.05) is 26.1 Å². The molecule has 2 heterocycles. The Morgan fingerprint density at radius 1 is 1.40 bits per heavy atom. The topological polar surface area (TPSA) is 72.9 Å². The highest BCUT2D eigenvalue weighted by Crippen LogP contribution is 2.37. The van der Waals surface area contributed by atoms with Gasteiger partial charge in [0.15, 0.2) is 5.60 Å². The summed E-state index contributed by atoms with van der Waals surface area (Å²) < 4.78 is 37.9. The number of nitrogens with zero attached hydrogens (tertiary/aromatic N) is 2. The third-order valence-corrected chi connectivity index (χ3v) is 3.64. The van der Waals surface area contributed by atoms with Crippen molar-refractivity contribution in [2.24, 2.45) is 0 Å². The number of β-amino-alcohol motifs (C(OH)–C–C–N with tert-alkyl or cyclic N) is 1. The summed E-state index contributed by atoms with van der Waals surface area (Å²) in [5, 5.41) is 12.3. The third kappa shape index (κ3) is 2.88. The largest absolute Gasteiger partial charge is 0.419 e. The molecule has 1 unspecified atom stereocenters. The Morgan fingerprint density at radius 2 is 2.10 bits per heavy atom. The molecule has 0 aliphatic carbocycles. The van der Waals surface area contributed by atoms with Gasteiger partial charge in [-0.15, -0.1) is 0 Å². The van der Waals surface area contributed by atoms with E-state index >= 15 is 0 Å². The number of hydrogen-bond donors (Lipinski definition) is 2. The van der Waals surface area contributed by atoms with Crippen LogP contribution >= 0.6 is 0 Å². The van der Waals surface area contributed by atoms with Crippen molar-refractivity contribution in [3.05, 3.63) is 0 Å². The molecule has 2 saturated heterocycles. The highest BCUT2D eigenvalue weighted by molar-refractivity contribution is 5.86. The van der Waals surface area contributed by atoms with Crippen LogP contribution in [0.3, 0.4) is 0 Å². The molecule has 0 bridgehead atoms. The van der Waals surface area contributed by atoms with Crippen LogP contribution in [0.15, 0.2) is 0 Å². The molecule has 20 heavy (non-hydrogen) atoms. The van der Waals surface area contributed by atoms with Crippen LogP contribution in [0.4, 0.5) is 13.2 Å². The van der Waals surface area contributed by atoms with Crippen molar-refractivity contribution in [2.75, 3.05) is 39.3 Å². The van der Waals surface area contributed by atoms with Gasteiger partial charge in [0.2, 0.25) is 11.8 Å². The van der Waals surface area contributed by atoms with Crippen LogP contribution in [-0.2, 0) is 9.59 Å². The molecule has 6 nitrogen and oxygen atoms in total. The second kappa shape index (κ2) is 5.21. The minimum absolute atomic E-state index is 0.125. The Balaban J connectivity index is 1.93. The number of likely N-dealkylation sites (tertiary alicyclic amines) is 1. The molecule has 114 valence electrons. The Hall–Kier alpha value is -1.35. The van der Waals surface area contributed by atoms with Crippen molar-refractivity contribution < 1.29 is 27.9 Å². The number of piperazine rings is 1. The predicted molar refractivity (Wildman–Crippen MR) is 61.7 cm³/mol. The molecule has 2 N–H and O–H groups in total. The van der Waals surface area contributed by atoms with Gasteiger partial charge >= 0.3 is 6.18 Å². The summed E-state index contributed by atoms with van der Waals surface area (Å²) in [6.45, 7) is -0.146. The van der Waals surface area contributed by atoms with E-state index in [4.69, 9.17) is 0 Å². The zero-order chi connectivity index (χ0) is 15.0. The molecule has 2 rings (SSSR count). The fourth-order valence-corrected chi connectivity index (χ4v) is 2.31. The molecule has 0 spiro atoms. The smallest absolute Gasteiger partial charge is 0.379 e. The van der Waals surface area contributed by atoms with Crippen molar-refractivity contribution in [2.45, 2.75) is 18.2 Å².